The summed E-state index contributed by atoms with van der Waals surface area (Å²) in [4.78, 5) is 26.0. The number of rotatable bonds is 8. The van der Waals surface area contributed by atoms with E-state index in [4.69, 9.17) is 0 Å². The Morgan fingerprint density at radius 3 is 1.75 bits per heavy atom. The van der Waals surface area contributed by atoms with Gasteiger partial charge in [0.25, 0.3) is 0 Å². The molecule has 4 nitrogen and oxygen atoms in total. The zero-order chi connectivity index (χ0) is 21.6. The van der Waals surface area contributed by atoms with Crippen LogP contribution in [0.2, 0.25) is 0 Å². The number of aliphatic hydroxyl groups is 2. The second-order valence-corrected chi connectivity index (χ2v) is 8.20. The minimum absolute atomic E-state index is 0.114. The molecule has 1 aliphatic rings. The number of carbonyl (C=O) groups is 2. The molecule has 0 aromatic heterocycles. The van der Waals surface area contributed by atoms with Crippen LogP contribution in [0.1, 0.15) is 74.1 Å². The van der Waals surface area contributed by atoms with E-state index in [1.54, 1.807) is 6.92 Å². The molecule has 0 radical (unpaired) electrons. The Kier molecular flexibility index (Phi) is 8.22. The van der Waals surface area contributed by atoms with Crippen molar-refractivity contribution in [1.82, 2.24) is 0 Å². The summed E-state index contributed by atoms with van der Waals surface area (Å²) < 4.78 is 0. The maximum absolute atomic E-state index is 13.5. The van der Waals surface area contributed by atoms with E-state index in [1.807, 2.05) is 59.8 Å². The van der Waals surface area contributed by atoms with E-state index >= 15 is 0 Å². The first kappa shape index (κ1) is 23.7. The van der Waals surface area contributed by atoms with Crippen molar-refractivity contribution < 1.29 is 19.8 Å². The van der Waals surface area contributed by atoms with E-state index in [9.17, 15) is 19.8 Å². The second kappa shape index (κ2) is 9.72. The highest BCUT2D eigenvalue weighted by molar-refractivity contribution is 6.24. The summed E-state index contributed by atoms with van der Waals surface area (Å²) in [5, 5.41) is 21.9. The molecule has 4 heteroatoms. The molecule has 0 unspecified atom stereocenters. The Bertz CT molecular complexity index is 768. The van der Waals surface area contributed by atoms with Crippen molar-refractivity contribution in [3.63, 3.8) is 0 Å². The molecule has 2 N–H and O–H groups in total. The zero-order valence-electron chi connectivity index (χ0n) is 18.3. The van der Waals surface area contributed by atoms with Gasteiger partial charge >= 0.3 is 0 Å². The molecule has 0 amide bonds. The van der Waals surface area contributed by atoms with E-state index in [2.05, 4.69) is 0 Å². The van der Waals surface area contributed by atoms with Crippen LogP contribution in [0.4, 0.5) is 0 Å². The van der Waals surface area contributed by atoms with Crippen LogP contribution in [0, 0.1) is 5.41 Å². The van der Waals surface area contributed by atoms with E-state index in [-0.39, 0.29) is 48.3 Å². The smallest absolute Gasteiger partial charge is 0.184 e. The third-order valence-corrected chi connectivity index (χ3v) is 4.96. The summed E-state index contributed by atoms with van der Waals surface area (Å²) in [7, 11) is 0. The van der Waals surface area contributed by atoms with Crippen molar-refractivity contribution in [1.29, 1.82) is 0 Å². The first-order chi connectivity index (χ1) is 13.0. The summed E-state index contributed by atoms with van der Waals surface area (Å²) in [6, 6.07) is 0. The highest BCUT2D eigenvalue weighted by Crippen LogP contribution is 2.46. The van der Waals surface area contributed by atoms with Crippen molar-refractivity contribution in [3.8, 4) is 0 Å². The van der Waals surface area contributed by atoms with Gasteiger partial charge in [-0.05, 0) is 60.8 Å². The third-order valence-electron chi connectivity index (χ3n) is 4.96. The number of Topliss-reactive ketones (excluding diaryl/α,β-unsaturated/α-hetero) is 2. The lowest BCUT2D eigenvalue weighted by Gasteiger charge is -2.36. The van der Waals surface area contributed by atoms with Gasteiger partial charge in [0.2, 0.25) is 0 Å². The molecular weight excluding hydrogens is 352 g/mol. The average molecular weight is 387 g/mol. The molecule has 0 aromatic carbocycles. The van der Waals surface area contributed by atoms with Gasteiger partial charge in [-0.1, -0.05) is 41.9 Å². The van der Waals surface area contributed by atoms with E-state index in [0.717, 1.165) is 16.7 Å². The Balaban J connectivity index is 3.81. The topological polar surface area (TPSA) is 74.6 Å². The zero-order valence-corrected chi connectivity index (χ0v) is 18.3. The Morgan fingerprint density at radius 2 is 1.36 bits per heavy atom. The predicted octanol–water partition coefficient (Wildman–Crippen LogP) is 6.23. The summed E-state index contributed by atoms with van der Waals surface area (Å²) >= 11 is 0. The van der Waals surface area contributed by atoms with Crippen molar-refractivity contribution in [3.05, 3.63) is 57.6 Å². The fourth-order valence-corrected chi connectivity index (χ4v) is 3.16. The van der Waals surface area contributed by atoms with Gasteiger partial charge in [0.05, 0.1) is 5.41 Å². The third kappa shape index (κ3) is 5.12. The molecule has 0 saturated heterocycles. The molecule has 0 aliphatic heterocycles. The summed E-state index contributed by atoms with van der Waals surface area (Å²) in [5.74, 6) is -1.40. The molecule has 0 spiro atoms. The molecule has 154 valence electrons. The summed E-state index contributed by atoms with van der Waals surface area (Å²) in [5.41, 5.74) is 1.87. The molecule has 0 atom stereocenters. The van der Waals surface area contributed by atoms with Gasteiger partial charge in [0.1, 0.15) is 17.1 Å². The van der Waals surface area contributed by atoms with Crippen LogP contribution in [-0.2, 0) is 9.59 Å². The van der Waals surface area contributed by atoms with Crippen LogP contribution in [0.25, 0.3) is 0 Å². The summed E-state index contributed by atoms with van der Waals surface area (Å²) in [6.45, 7) is 13.2. The van der Waals surface area contributed by atoms with Crippen molar-refractivity contribution in [2.75, 3.05) is 0 Å². The molecule has 0 bridgehead atoms. The van der Waals surface area contributed by atoms with E-state index in [1.165, 1.54) is 0 Å². The van der Waals surface area contributed by atoms with Gasteiger partial charge < -0.3 is 10.2 Å². The van der Waals surface area contributed by atoms with Crippen LogP contribution in [0.15, 0.2) is 57.6 Å². The molecule has 28 heavy (non-hydrogen) atoms. The number of carbonyl (C=O) groups excluding carboxylic acids is 2. The lowest BCUT2D eigenvalue weighted by Crippen LogP contribution is -2.40. The number of hydrogen-bond acceptors (Lipinski definition) is 4. The van der Waals surface area contributed by atoms with Crippen molar-refractivity contribution >= 4 is 11.6 Å². The highest BCUT2D eigenvalue weighted by Gasteiger charge is 2.49. The van der Waals surface area contributed by atoms with Gasteiger partial charge in [-0.3, -0.25) is 9.59 Å². The number of aliphatic hydroxyl groups excluding tert-OH is 2. The highest BCUT2D eigenvalue weighted by atomic mass is 16.3. The number of allylic oxidation sites excluding steroid dienone is 9. The molecule has 0 fully saturated rings. The van der Waals surface area contributed by atoms with Gasteiger partial charge in [0.15, 0.2) is 11.6 Å². The van der Waals surface area contributed by atoms with Crippen LogP contribution in [-0.4, -0.2) is 21.8 Å². The minimum Gasteiger partial charge on any atom is -0.511 e. The van der Waals surface area contributed by atoms with Gasteiger partial charge in [-0.25, -0.2) is 0 Å². The Morgan fingerprint density at radius 1 is 0.893 bits per heavy atom. The predicted molar refractivity (Wildman–Crippen MR) is 114 cm³/mol. The molecule has 1 rings (SSSR count). The van der Waals surface area contributed by atoms with Crippen LogP contribution in [0.3, 0.4) is 0 Å². The number of hydrogen-bond donors (Lipinski definition) is 2. The van der Waals surface area contributed by atoms with Gasteiger partial charge in [0, 0.05) is 12.0 Å². The minimum atomic E-state index is -1.27. The quantitative estimate of drug-likeness (QED) is 0.383. The van der Waals surface area contributed by atoms with Crippen molar-refractivity contribution in [2.24, 2.45) is 5.41 Å². The molecular formula is C24H34O4. The van der Waals surface area contributed by atoms with Crippen LogP contribution in [0.5, 0.6) is 0 Å². The maximum atomic E-state index is 13.5. The summed E-state index contributed by atoms with van der Waals surface area (Å²) in [6.07, 6.45) is 6.61. The normalized spacial score (nSPS) is 16.0. The van der Waals surface area contributed by atoms with E-state index < -0.39 is 17.0 Å². The average Bonchev–Trinajstić information content (AvgIpc) is 2.60. The maximum Gasteiger partial charge on any atom is 0.184 e. The fraction of sp³-hybridized carbons (Fsp3) is 0.500. The van der Waals surface area contributed by atoms with E-state index in [0.29, 0.717) is 0 Å². The van der Waals surface area contributed by atoms with Gasteiger partial charge in [-0.15, -0.1) is 0 Å². The number of ketones is 2. The lowest BCUT2D eigenvalue weighted by molar-refractivity contribution is -0.128. The Hall–Kier alpha value is -2.36. The first-order valence-corrected chi connectivity index (χ1v) is 9.82. The standard InChI is InChI=1S/C24H34O4/c1-8-19(25)20-21(26)18(10-9-15(2)3)22(27)24(23(20)28,13-11-16(4)5)14-12-17(6)7/h9,11-12,26-27H,8,10,13-14H2,1-7H3. The molecule has 0 aromatic rings. The van der Waals surface area contributed by atoms with Gasteiger partial charge in [-0.2, -0.15) is 0 Å². The van der Waals surface area contributed by atoms with Crippen molar-refractivity contribution in [2.45, 2.75) is 74.1 Å². The lowest BCUT2D eigenvalue weighted by atomic mass is 9.66. The molecule has 0 heterocycles. The fourth-order valence-electron chi connectivity index (χ4n) is 3.16. The molecule has 0 saturated carbocycles. The first-order valence-electron chi connectivity index (χ1n) is 9.82. The second-order valence-electron chi connectivity index (χ2n) is 8.20. The molecule has 1 aliphatic carbocycles. The monoisotopic (exact) mass is 386 g/mol. The van der Waals surface area contributed by atoms with Crippen LogP contribution < -0.4 is 0 Å². The SMILES string of the molecule is CCC(=O)C1=C(O)C(CC=C(C)C)=C(O)C(CC=C(C)C)(CC=C(C)C)C1=O. The Labute approximate surface area is 169 Å². The van der Waals surface area contributed by atoms with Crippen LogP contribution >= 0.6 is 0 Å². The largest absolute Gasteiger partial charge is 0.511 e.